The average molecular weight is 406 g/mol. The Morgan fingerprint density at radius 1 is 1.08 bits per heavy atom. The third kappa shape index (κ3) is 9.88. The van der Waals surface area contributed by atoms with Crippen LogP contribution >= 0.6 is 23.2 Å². The van der Waals surface area contributed by atoms with E-state index in [4.69, 9.17) is 37.5 Å². The molecule has 0 amide bonds. The maximum Gasteiger partial charge on any atom is 0.169 e. The summed E-state index contributed by atoms with van der Waals surface area (Å²) >= 11 is 11.0. The Balaban J connectivity index is 2.30. The standard InChI is InChI=1S/C19H26Cl2FNO3/c1-14(2)23-26-10-7-5-4-6-9-25-19-15(3)12-16(13-17(19)22)24-11-8-18(20)21/h8,12-13H,4-7,9-11H2,1-3H3. The Kier molecular flexibility index (Phi) is 11.1. The molecule has 26 heavy (non-hydrogen) atoms. The fourth-order valence-electron chi connectivity index (χ4n) is 2.14. The minimum absolute atomic E-state index is 0.113. The highest BCUT2D eigenvalue weighted by Crippen LogP contribution is 2.28. The van der Waals surface area contributed by atoms with Crippen molar-refractivity contribution in [2.45, 2.75) is 46.5 Å². The van der Waals surface area contributed by atoms with Crippen LogP contribution in [0.15, 0.2) is 27.9 Å². The van der Waals surface area contributed by atoms with Crippen molar-refractivity contribution in [2.24, 2.45) is 5.16 Å². The average Bonchev–Trinajstić information content (AvgIpc) is 2.54. The second-order valence-electron chi connectivity index (χ2n) is 5.99. The Labute approximate surface area is 164 Å². The number of unbranched alkanes of at least 4 members (excludes halogenated alkanes) is 3. The highest BCUT2D eigenvalue weighted by Gasteiger charge is 2.10. The van der Waals surface area contributed by atoms with Gasteiger partial charge in [-0.25, -0.2) is 4.39 Å². The van der Waals surface area contributed by atoms with Crippen LogP contribution in [0.4, 0.5) is 4.39 Å². The van der Waals surface area contributed by atoms with Crippen molar-refractivity contribution < 1.29 is 18.7 Å². The van der Waals surface area contributed by atoms with Crippen LogP contribution in [0, 0.1) is 12.7 Å². The molecule has 0 aliphatic carbocycles. The first-order chi connectivity index (χ1) is 12.4. The molecular formula is C19H26Cl2FNO3. The van der Waals surface area contributed by atoms with Gasteiger partial charge < -0.3 is 14.3 Å². The Hall–Kier alpha value is -1.46. The summed E-state index contributed by atoms with van der Waals surface area (Å²) in [7, 11) is 0. The molecule has 0 aromatic heterocycles. The van der Waals surface area contributed by atoms with E-state index in [0.717, 1.165) is 31.4 Å². The normalized spacial score (nSPS) is 10.2. The summed E-state index contributed by atoms with van der Waals surface area (Å²) in [6.45, 7) is 6.83. The summed E-state index contributed by atoms with van der Waals surface area (Å²) in [5.41, 5.74) is 1.59. The van der Waals surface area contributed by atoms with Gasteiger partial charge in [0.2, 0.25) is 0 Å². The predicted octanol–water partition coefficient (Wildman–Crippen LogP) is 6.18. The van der Waals surface area contributed by atoms with Gasteiger partial charge in [0, 0.05) is 6.07 Å². The van der Waals surface area contributed by atoms with Gasteiger partial charge in [0.15, 0.2) is 11.6 Å². The van der Waals surface area contributed by atoms with E-state index in [1.54, 1.807) is 13.0 Å². The van der Waals surface area contributed by atoms with E-state index in [2.05, 4.69) is 5.16 Å². The van der Waals surface area contributed by atoms with Crippen LogP contribution in [-0.2, 0) is 4.84 Å². The smallest absolute Gasteiger partial charge is 0.169 e. The lowest BCUT2D eigenvalue weighted by Crippen LogP contribution is -2.03. The van der Waals surface area contributed by atoms with Crippen molar-refractivity contribution in [3.8, 4) is 11.5 Å². The van der Waals surface area contributed by atoms with Gasteiger partial charge in [-0.15, -0.1) is 0 Å². The van der Waals surface area contributed by atoms with E-state index < -0.39 is 5.82 Å². The molecule has 146 valence electrons. The molecule has 0 aliphatic rings. The van der Waals surface area contributed by atoms with Crippen molar-refractivity contribution >= 4 is 28.9 Å². The highest BCUT2D eigenvalue weighted by atomic mass is 35.5. The SMILES string of the molecule is CC(C)=NOCCCCCCOc1c(C)cc(OCC=C(Cl)Cl)cc1F. The molecule has 0 unspecified atom stereocenters. The summed E-state index contributed by atoms with van der Waals surface area (Å²) < 4.78 is 25.3. The van der Waals surface area contributed by atoms with Crippen LogP contribution in [0.3, 0.4) is 0 Å². The second kappa shape index (κ2) is 12.8. The highest BCUT2D eigenvalue weighted by molar-refractivity contribution is 6.55. The fraction of sp³-hybridized carbons (Fsp3) is 0.526. The number of aryl methyl sites for hydroxylation is 1. The van der Waals surface area contributed by atoms with E-state index in [0.29, 0.717) is 24.5 Å². The molecule has 7 heteroatoms. The topological polar surface area (TPSA) is 40.0 Å². The fourth-order valence-corrected chi connectivity index (χ4v) is 2.26. The molecule has 0 saturated carbocycles. The van der Waals surface area contributed by atoms with Crippen LogP contribution in [0.5, 0.6) is 11.5 Å². The number of hydrogen-bond donors (Lipinski definition) is 0. The third-order valence-electron chi connectivity index (χ3n) is 3.31. The molecule has 4 nitrogen and oxygen atoms in total. The molecule has 0 N–H and O–H groups in total. The second-order valence-corrected chi connectivity index (χ2v) is 7.00. The van der Waals surface area contributed by atoms with Crippen LogP contribution in [-0.4, -0.2) is 25.5 Å². The van der Waals surface area contributed by atoms with Crippen LogP contribution in [0.1, 0.15) is 45.1 Å². The largest absolute Gasteiger partial charge is 0.490 e. The summed E-state index contributed by atoms with van der Waals surface area (Å²) in [5.74, 6) is 0.227. The van der Waals surface area contributed by atoms with E-state index in [1.165, 1.54) is 12.1 Å². The number of nitrogens with zero attached hydrogens (tertiary/aromatic N) is 1. The van der Waals surface area contributed by atoms with Crippen molar-refractivity contribution in [3.63, 3.8) is 0 Å². The lowest BCUT2D eigenvalue weighted by Gasteiger charge is -2.12. The molecule has 0 saturated heterocycles. The van der Waals surface area contributed by atoms with Crippen LogP contribution in [0.25, 0.3) is 0 Å². The molecule has 1 aromatic carbocycles. The molecule has 0 bridgehead atoms. The zero-order valence-corrected chi connectivity index (χ0v) is 17.0. The van der Waals surface area contributed by atoms with Gasteiger partial charge >= 0.3 is 0 Å². The zero-order chi connectivity index (χ0) is 19.4. The number of oxime groups is 1. The van der Waals surface area contributed by atoms with Crippen molar-refractivity contribution in [3.05, 3.63) is 34.1 Å². The van der Waals surface area contributed by atoms with E-state index in [-0.39, 0.29) is 16.8 Å². The third-order valence-corrected chi connectivity index (χ3v) is 3.62. The van der Waals surface area contributed by atoms with Gasteiger partial charge in [0.25, 0.3) is 0 Å². The van der Waals surface area contributed by atoms with Crippen LogP contribution in [0.2, 0.25) is 0 Å². The van der Waals surface area contributed by atoms with Gasteiger partial charge in [-0.05, 0) is 64.2 Å². The number of benzene rings is 1. The maximum absolute atomic E-state index is 14.2. The minimum Gasteiger partial charge on any atom is -0.490 e. The van der Waals surface area contributed by atoms with Gasteiger partial charge in [0.05, 0.1) is 12.3 Å². The summed E-state index contributed by atoms with van der Waals surface area (Å²) in [6, 6.07) is 3.02. The van der Waals surface area contributed by atoms with E-state index in [1.807, 2.05) is 13.8 Å². The van der Waals surface area contributed by atoms with Gasteiger partial charge in [-0.2, -0.15) is 0 Å². The Morgan fingerprint density at radius 2 is 1.77 bits per heavy atom. The lowest BCUT2D eigenvalue weighted by atomic mass is 10.2. The number of rotatable bonds is 12. The van der Waals surface area contributed by atoms with Crippen molar-refractivity contribution in [2.75, 3.05) is 19.8 Å². The molecule has 0 aliphatic heterocycles. The van der Waals surface area contributed by atoms with Crippen molar-refractivity contribution in [1.29, 1.82) is 0 Å². The number of ether oxygens (including phenoxy) is 2. The first kappa shape index (κ1) is 22.6. The minimum atomic E-state index is -0.442. The summed E-state index contributed by atoms with van der Waals surface area (Å²) in [6.07, 6.45) is 5.29. The van der Waals surface area contributed by atoms with Gasteiger partial charge in [0.1, 0.15) is 23.5 Å². The van der Waals surface area contributed by atoms with Crippen LogP contribution < -0.4 is 9.47 Å². The van der Waals surface area contributed by atoms with E-state index >= 15 is 0 Å². The molecule has 0 fully saturated rings. The Bertz CT molecular complexity index is 590. The maximum atomic E-state index is 14.2. The summed E-state index contributed by atoms with van der Waals surface area (Å²) in [5, 5.41) is 3.88. The van der Waals surface area contributed by atoms with Gasteiger partial charge in [-0.3, -0.25) is 0 Å². The molecule has 1 aromatic rings. The quantitative estimate of drug-likeness (QED) is 0.236. The van der Waals surface area contributed by atoms with E-state index in [9.17, 15) is 4.39 Å². The Morgan fingerprint density at radius 3 is 2.38 bits per heavy atom. The number of hydrogen-bond acceptors (Lipinski definition) is 4. The molecule has 0 spiro atoms. The lowest BCUT2D eigenvalue weighted by molar-refractivity contribution is 0.139. The first-order valence-electron chi connectivity index (χ1n) is 8.60. The molecule has 0 atom stereocenters. The molecular weight excluding hydrogens is 380 g/mol. The predicted molar refractivity (Wildman–Crippen MR) is 105 cm³/mol. The molecule has 1 rings (SSSR count). The monoisotopic (exact) mass is 405 g/mol. The number of halogens is 3. The first-order valence-corrected chi connectivity index (χ1v) is 9.35. The summed E-state index contributed by atoms with van der Waals surface area (Å²) in [4.78, 5) is 5.13. The zero-order valence-electron chi connectivity index (χ0n) is 15.5. The molecule has 0 heterocycles. The molecule has 0 radical (unpaired) electrons. The van der Waals surface area contributed by atoms with Crippen molar-refractivity contribution in [1.82, 2.24) is 0 Å². The van der Waals surface area contributed by atoms with Gasteiger partial charge in [-0.1, -0.05) is 28.4 Å².